The Balaban J connectivity index is 1.46. The zero-order valence-electron chi connectivity index (χ0n) is 16.4. The maximum Gasteiger partial charge on any atom is 0.311 e. The van der Waals surface area contributed by atoms with E-state index in [1.807, 2.05) is 40.8 Å². The number of fused-ring (bicyclic) bond motifs is 3. The number of nitrogens with zero attached hydrogens (tertiary/aromatic N) is 4. The van der Waals surface area contributed by atoms with Crippen LogP contribution in [0.1, 0.15) is 19.5 Å². The summed E-state index contributed by atoms with van der Waals surface area (Å²) >= 11 is 2.60. The van der Waals surface area contributed by atoms with Crippen molar-refractivity contribution in [3.05, 3.63) is 47.5 Å². The second kappa shape index (κ2) is 8.80. The van der Waals surface area contributed by atoms with E-state index in [9.17, 15) is 9.59 Å². The van der Waals surface area contributed by atoms with Gasteiger partial charge >= 0.3 is 5.97 Å². The van der Waals surface area contributed by atoms with Crippen molar-refractivity contribution >= 4 is 56.7 Å². The fourth-order valence-electron chi connectivity index (χ4n) is 2.91. The number of benzene rings is 1. The van der Waals surface area contributed by atoms with E-state index in [2.05, 4.69) is 20.5 Å². The van der Waals surface area contributed by atoms with E-state index in [4.69, 9.17) is 4.74 Å². The van der Waals surface area contributed by atoms with Gasteiger partial charge in [0.05, 0.1) is 29.5 Å². The number of para-hydroxylation sites is 1. The van der Waals surface area contributed by atoms with Gasteiger partial charge < -0.3 is 10.1 Å². The zero-order chi connectivity index (χ0) is 21.1. The molecule has 0 fully saturated rings. The number of carbonyl (C=O) groups excluding carboxylic acids is 2. The lowest BCUT2D eigenvalue weighted by Gasteiger charge is -2.10. The first-order chi connectivity index (χ1) is 14.5. The number of esters is 1. The van der Waals surface area contributed by atoms with E-state index in [1.54, 1.807) is 19.2 Å². The highest BCUT2D eigenvalue weighted by molar-refractivity contribution is 8.00. The summed E-state index contributed by atoms with van der Waals surface area (Å²) in [4.78, 5) is 28.5. The average Bonchev–Trinajstić information content (AvgIpc) is 3.35. The predicted molar refractivity (Wildman–Crippen MR) is 117 cm³/mol. The van der Waals surface area contributed by atoms with Gasteiger partial charge in [-0.05, 0) is 37.4 Å². The number of thiazole rings is 1. The Morgan fingerprint density at radius 1 is 1.23 bits per heavy atom. The Hall–Kier alpha value is -2.98. The molecule has 10 heteroatoms. The number of hydrogen-bond donors (Lipinski definition) is 1. The summed E-state index contributed by atoms with van der Waals surface area (Å²) in [5.74, 6) is -0.537. The van der Waals surface area contributed by atoms with Crippen LogP contribution in [-0.4, -0.2) is 43.3 Å². The molecule has 1 N–H and O–H groups in total. The Bertz CT molecular complexity index is 1220. The van der Waals surface area contributed by atoms with Crippen LogP contribution >= 0.6 is 23.1 Å². The molecule has 0 aliphatic carbocycles. The van der Waals surface area contributed by atoms with Crippen molar-refractivity contribution in [3.8, 4) is 0 Å². The zero-order valence-corrected chi connectivity index (χ0v) is 18.0. The Labute approximate surface area is 180 Å². The number of carbonyl (C=O) groups is 2. The second-order valence-electron chi connectivity index (χ2n) is 6.44. The molecule has 4 rings (SSSR count). The van der Waals surface area contributed by atoms with Crippen LogP contribution in [-0.2, 0) is 20.7 Å². The number of pyridine rings is 1. The molecule has 0 bridgehead atoms. The Morgan fingerprint density at radius 2 is 2.07 bits per heavy atom. The normalized spacial score (nSPS) is 12.2. The molecule has 1 atom stereocenters. The molecule has 0 spiro atoms. The number of aromatic nitrogens is 4. The lowest BCUT2D eigenvalue weighted by atomic mass is 10.2. The molecule has 0 saturated heterocycles. The molecule has 1 aromatic carbocycles. The van der Waals surface area contributed by atoms with Crippen LogP contribution in [0.3, 0.4) is 0 Å². The summed E-state index contributed by atoms with van der Waals surface area (Å²) in [6, 6.07) is 11.9. The first-order valence-corrected chi connectivity index (χ1v) is 11.1. The lowest BCUT2D eigenvalue weighted by Crippen LogP contribution is -2.22. The van der Waals surface area contributed by atoms with Gasteiger partial charge in [-0.15, -0.1) is 21.5 Å². The van der Waals surface area contributed by atoms with E-state index in [0.717, 1.165) is 16.6 Å². The largest absolute Gasteiger partial charge is 0.466 e. The topological polar surface area (TPSA) is 98.5 Å². The van der Waals surface area contributed by atoms with Crippen LogP contribution in [0.25, 0.3) is 16.6 Å². The molecule has 0 aliphatic heterocycles. The minimum Gasteiger partial charge on any atom is -0.466 e. The van der Waals surface area contributed by atoms with Crippen molar-refractivity contribution in [3.63, 3.8) is 0 Å². The molecule has 154 valence electrons. The minimum absolute atomic E-state index is 0.0866. The van der Waals surface area contributed by atoms with Crippen LogP contribution in [0, 0.1) is 0 Å². The lowest BCUT2D eigenvalue weighted by molar-refractivity contribution is -0.142. The van der Waals surface area contributed by atoms with Crippen molar-refractivity contribution in [2.45, 2.75) is 30.7 Å². The van der Waals surface area contributed by atoms with Gasteiger partial charge in [-0.2, -0.15) is 0 Å². The number of anilines is 1. The van der Waals surface area contributed by atoms with Crippen molar-refractivity contribution in [2.75, 3.05) is 11.9 Å². The fraction of sp³-hybridized carbons (Fsp3) is 0.250. The van der Waals surface area contributed by atoms with Gasteiger partial charge in [0.1, 0.15) is 0 Å². The molecule has 3 aromatic heterocycles. The summed E-state index contributed by atoms with van der Waals surface area (Å²) in [7, 11) is 0. The molecule has 0 radical (unpaired) electrons. The summed E-state index contributed by atoms with van der Waals surface area (Å²) < 4.78 is 6.87. The van der Waals surface area contributed by atoms with Crippen molar-refractivity contribution < 1.29 is 14.3 Å². The third-order valence-corrected chi connectivity index (χ3v) is 6.16. The highest BCUT2D eigenvalue weighted by atomic mass is 32.2. The maximum atomic E-state index is 12.7. The molecule has 3 heterocycles. The van der Waals surface area contributed by atoms with E-state index in [1.165, 1.54) is 23.1 Å². The molecule has 0 saturated carbocycles. The number of nitrogens with one attached hydrogen (secondary N) is 1. The molecule has 1 amide bonds. The van der Waals surface area contributed by atoms with Gasteiger partial charge in [0, 0.05) is 5.38 Å². The smallest absolute Gasteiger partial charge is 0.311 e. The third kappa shape index (κ3) is 4.29. The summed E-state index contributed by atoms with van der Waals surface area (Å²) in [6.45, 7) is 3.89. The second-order valence-corrected chi connectivity index (χ2v) is 8.61. The number of hydrogen-bond acceptors (Lipinski definition) is 8. The number of rotatable bonds is 7. The van der Waals surface area contributed by atoms with Gasteiger partial charge in [0.15, 0.2) is 15.9 Å². The summed E-state index contributed by atoms with van der Waals surface area (Å²) in [5, 5.41) is 14.8. The van der Waals surface area contributed by atoms with E-state index >= 15 is 0 Å². The summed E-state index contributed by atoms with van der Waals surface area (Å²) in [5.41, 5.74) is 2.29. The molecule has 8 nitrogen and oxygen atoms in total. The first-order valence-electron chi connectivity index (χ1n) is 9.35. The Morgan fingerprint density at radius 3 is 2.90 bits per heavy atom. The maximum absolute atomic E-state index is 12.7. The number of ether oxygens (including phenoxy) is 1. The average molecular weight is 442 g/mol. The van der Waals surface area contributed by atoms with Crippen LogP contribution in [0.5, 0.6) is 0 Å². The molecule has 4 aromatic rings. The Kier molecular flexibility index (Phi) is 5.96. The number of amides is 1. The molecule has 30 heavy (non-hydrogen) atoms. The van der Waals surface area contributed by atoms with Crippen molar-refractivity contribution in [2.24, 2.45) is 0 Å². The van der Waals surface area contributed by atoms with Gasteiger partial charge in [0.2, 0.25) is 5.91 Å². The molecular weight excluding hydrogens is 422 g/mol. The van der Waals surface area contributed by atoms with Crippen LogP contribution in [0.2, 0.25) is 0 Å². The molecular formula is C20H19N5O3S2. The third-order valence-electron chi connectivity index (χ3n) is 4.31. The molecule has 0 aliphatic rings. The quantitative estimate of drug-likeness (QED) is 0.346. The van der Waals surface area contributed by atoms with Crippen molar-refractivity contribution in [1.29, 1.82) is 0 Å². The van der Waals surface area contributed by atoms with Crippen LogP contribution in [0.15, 0.2) is 46.9 Å². The van der Waals surface area contributed by atoms with Gasteiger partial charge in [0.25, 0.3) is 0 Å². The highest BCUT2D eigenvalue weighted by Crippen LogP contribution is 2.27. The molecule has 1 unspecified atom stereocenters. The highest BCUT2D eigenvalue weighted by Gasteiger charge is 2.20. The standard InChI is InChI=1S/C20H19N5O3S2/c1-3-28-17(26)10-14-11-29-19(21-14)22-18(27)12(2)30-20-24-23-16-9-8-13-6-4-5-7-15(13)25(16)20/h4-9,11-12H,3,10H2,1-2H3,(H,21,22,27). The summed E-state index contributed by atoms with van der Waals surface area (Å²) in [6.07, 6.45) is 0.0866. The van der Waals surface area contributed by atoms with E-state index in [0.29, 0.717) is 22.6 Å². The van der Waals surface area contributed by atoms with E-state index in [-0.39, 0.29) is 18.3 Å². The van der Waals surface area contributed by atoms with Gasteiger partial charge in [-0.25, -0.2) is 4.98 Å². The van der Waals surface area contributed by atoms with Crippen molar-refractivity contribution in [1.82, 2.24) is 19.6 Å². The minimum atomic E-state index is -0.422. The van der Waals surface area contributed by atoms with Gasteiger partial charge in [-0.3, -0.25) is 14.0 Å². The predicted octanol–water partition coefficient (Wildman–Crippen LogP) is 3.56. The van der Waals surface area contributed by atoms with Gasteiger partial charge in [-0.1, -0.05) is 30.0 Å². The van der Waals surface area contributed by atoms with Crippen LogP contribution in [0.4, 0.5) is 5.13 Å². The first kappa shape index (κ1) is 20.3. The fourth-order valence-corrected chi connectivity index (χ4v) is 4.49. The number of thioether (sulfide) groups is 1. The monoisotopic (exact) mass is 441 g/mol. The van der Waals surface area contributed by atoms with E-state index < -0.39 is 5.25 Å². The SMILES string of the molecule is CCOC(=O)Cc1csc(NC(=O)C(C)Sc2nnc3ccc4ccccc4n23)n1. The van der Waals surface area contributed by atoms with Crippen LogP contribution < -0.4 is 5.32 Å².